The van der Waals surface area contributed by atoms with Crippen molar-refractivity contribution in [1.29, 1.82) is 5.26 Å². The molecule has 0 spiro atoms. The molecule has 2 aromatic rings. The van der Waals surface area contributed by atoms with Crippen molar-refractivity contribution in [2.45, 2.75) is 6.42 Å². The maximum Gasteiger partial charge on any atom is 0.335 e. The van der Waals surface area contributed by atoms with Crippen LogP contribution in [-0.2, 0) is 6.42 Å². The van der Waals surface area contributed by atoms with Gasteiger partial charge in [-0.15, -0.1) is 0 Å². The molecule has 0 bridgehead atoms. The average Bonchev–Trinajstić information content (AvgIpc) is 2.48. The first-order valence-corrected chi connectivity index (χ1v) is 6.21. The van der Waals surface area contributed by atoms with Crippen LogP contribution in [0.4, 0.5) is 5.69 Å². The van der Waals surface area contributed by atoms with Gasteiger partial charge in [-0.25, -0.2) is 4.79 Å². The lowest BCUT2D eigenvalue weighted by Gasteiger charge is -2.06. The Balaban J connectivity index is 2.12. The summed E-state index contributed by atoms with van der Waals surface area (Å²) in [5, 5.41) is 20.1. The smallest absolute Gasteiger partial charge is 0.335 e. The molecular formula is C16H12N2O3. The van der Waals surface area contributed by atoms with Crippen LogP contribution in [0, 0.1) is 11.3 Å². The molecule has 0 saturated heterocycles. The third kappa shape index (κ3) is 3.67. The highest BCUT2D eigenvalue weighted by molar-refractivity contribution is 6.04. The Morgan fingerprint density at radius 2 is 1.81 bits per heavy atom. The molecular weight excluding hydrogens is 268 g/mol. The first-order chi connectivity index (χ1) is 10.1. The Morgan fingerprint density at radius 3 is 2.43 bits per heavy atom. The van der Waals surface area contributed by atoms with Gasteiger partial charge < -0.3 is 10.4 Å². The molecule has 0 aliphatic rings. The van der Waals surface area contributed by atoms with Crippen molar-refractivity contribution in [2.24, 2.45) is 0 Å². The summed E-state index contributed by atoms with van der Waals surface area (Å²) in [5.41, 5.74) is 1.89. The summed E-state index contributed by atoms with van der Waals surface area (Å²) in [5.74, 6) is -1.32. The highest BCUT2D eigenvalue weighted by Gasteiger charge is 2.08. The Hall–Kier alpha value is -3.13. The second-order valence-corrected chi connectivity index (χ2v) is 4.37. The fraction of sp³-hybridized carbons (Fsp3) is 0.0625. The Morgan fingerprint density at radius 1 is 1.10 bits per heavy atom. The van der Waals surface area contributed by atoms with Crippen molar-refractivity contribution in [3.63, 3.8) is 0 Å². The van der Waals surface area contributed by atoms with Gasteiger partial charge in [-0.1, -0.05) is 12.1 Å². The zero-order valence-corrected chi connectivity index (χ0v) is 11.0. The summed E-state index contributed by atoms with van der Waals surface area (Å²) in [6.45, 7) is 0. The van der Waals surface area contributed by atoms with Gasteiger partial charge in [0.1, 0.15) is 0 Å². The molecule has 1 amide bonds. The summed E-state index contributed by atoms with van der Waals surface area (Å²) in [7, 11) is 0. The van der Waals surface area contributed by atoms with E-state index in [1.807, 2.05) is 6.07 Å². The van der Waals surface area contributed by atoms with Gasteiger partial charge in [0.25, 0.3) is 5.91 Å². The van der Waals surface area contributed by atoms with Crippen LogP contribution in [0.3, 0.4) is 0 Å². The van der Waals surface area contributed by atoms with Crippen molar-refractivity contribution in [3.8, 4) is 6.07 Å². The lowest BCUT2D eigenvalue weighted by molar-refractivity contribution is 0.0696. The van der Waals surface area contributed by atoms with Crippen LogP contribution in [0.25, 0.3) is 0 Å². The summed E-state index contributed by atoms with van der Waals surface area (Å²) >= 11 is 0. The standard InChI is InChI=1S/C16H12N2O3/c17-9-8-11-2-1-3-13(10-11)15(19)18-14-6-4-12(5-7-14)16(20)21/h1-7,10H,8H2,(H,18,19)(H,20,21). The van der Waals surface area contributed by atoms with Crippen molar-refractivity contribution < 1.29 is 14.7 Å². The van der Waals surface area contributed by atoms with Crippen LogP contribution in [0.15, 0.2) is 48.5 Å². The number of anilines is 1. The third-order valence-corrected chi connectivity index (χ3v) is 2.86. The average molecular weight is 280 g/mol. The second-order valence-electron chi connectivity index (χ2n) is 4.37. The van der Waals surface area contributed by atoms with Gasteiger partial charge in [-0.3, -0.25) is 4.79 Å². The van der Waals surface area contributed by atoms with Crippen LogP contribution >= 0.6 is 0 Å². The Bertz CT molecular complexity index is 715. The number of rotatable bonds is 4. The number of benzene rings is 2. The van der Waals surface area contributed by atoms with E-state index < -0.39 is 5.97 Å². The first kappa shape index (κ1) is 14.3. The molecule has 2 rings (SSSR count). The predicted molar refractivity (Wildman–Crippen MR) is 77.1 cm³/mol. The summed E-state index contributed by atoms with van der Waals surface area (Å²) < 4.78 is 0. The van der Waals surface area contributed by atoms with Crippen LogP contribution in [0.1, 0.15) is 26.3 Å². The minimum atomic E-state index is -1.02. The van der Waals surface area contributed by atoms with E-state index in [2.05, 4.69) is 5.32 Å². The zero-order chi connectivity index (χ0) is 15.2. The molecule has 5 nitrogen and oxygen atoms in total. The summed E-state index contributed by atoms with van der Waals surface area (Å²) in [6.07, 6.45) is 0.244. The van der Waals surface area contributed by atoms with Gasteiger partial charge in [0.05, 0.1) is 18.1 Å². The van der Waals surface area contributed by atoms with E-state index in [0.717, 1.165) is 5.56 Å². The molecule has 2 N–H and O–H groups in total. The van der Waals surface area contributed by atoms with Crippen LogP contribution < -0.4 is 5.32 Å². The van der Waals surface area contributed by atoms with E-state index in [1.165, 1.54) is 24.3 Å². The third-order valence-electron chi connectivity index (χ3n) is 2.86. The highest BCUT2D eigenvalue weighted by Crippen LogP contribution is 2.12. The molecule has 0 aromatic heterocycles. The number of hydrogen-bond donors (Lipinski definition) is 2. The maximum absolute atomic E-state index is 12.1. The van der Waals surface area contributed by atoms with Crippen LogP contribution in [-0.4, -0.2) is 17.0 Å². The number of carboxylic acid groups (broad SMARTS) is 1. The molecule has 0 unspecified atom stereocenters. The van der Waals surface area contributed by atoms with Gasteiger partial charge in [-0.2, -0.15) is 5.26 Å². The van der Waals surface area contributed by atoms with Crippen molar-refractivity contribution in [1.82, 2.24) is 0 Å². The largest absolute Gasteiger partial charge is 0.478 e. The number of carbonyl (C=O) groups is 2. The van der Waals surface area contributed by atoms with E-state index in [1.54, 1.807) is 24.3 Å². The monoisotopic (exact) mass is 280 g/mol. The minimum Gasteiger partial charge on any atom is -0.478 e. The summed E-state index contributed by atoms with van der Waals surface area (Å²) in [6, 6.07) is 14.7. The number of carbonyl (C=O) groups excluding carboxylic acids is 1. The highest BCUT2D eigenvalue weighted by atomic mass is 16.4. The van der Waals surface area contributed by atoms with Gasteiger partial charge in [0, 0.05) is 11.3 Å². The maximum atomic E-state index is 12.1. The Labute approximate surface area is 121 Å². The van der Waals surface area contributed by atoms with Crippen LogP contribution in [0.5, 0.6) is 0 Å². The number of aromatic carboxylic acids is 1. The zero-order valence-electron chi connectivity index (χ0n) is 11.0. The Kier molecular flexibility index (Phi) is 4.32. The number of amides is 1. The van der Waals surface area contributed by atoms with Gasteiger partial charge >= 0.3 is 5.97 Å². The quantitative estimate of drug-likeness (QED) is 0.900. The van der Waals surface area contributed by atoms with E-state index in [4.69, 9.17) is 10.4 Å². The number of nitriles is 1. The number of nitrogens with one attached hydrogen (secondary N) is 1. The van der Waals surface area contributed by atoms with Crippen molar-refractivity contribution >= 4 is 17.6 Å². The van der Waals surface area contributed by atoms with E-state index in [0.29, 0.717) is 11.3 Å². The van der Waals surface area contributed by atoms with E-state index in [9.17, 15) is 9.59 Å². The first-order valence-electron chi connectivity index (χ1n) is 6.21. The second kappa shape index (κ2) is 6.35. The number of carboxylic acids is 1. The molecule has 0 fully saturated rings. The van der Waals surface area contributed by atoms with Gasteiger partial charge in [0.2, 0.25) is 0 Å². The van der Waals surface area contributed by atoms with Gasteiger partial charge in [-0.05, 0) is 42.0 Å². The molecule has 0 atom stereocenters. The molecule has 104 valence electrons. The fourth-order valence-electron chi connectivity index (χ4n) is 1.81. The predicted octanol–water partition coefficient (Wildman–Crippen LogP) is 2.70. The molecule has 2 aromatic carbocycles. The number of nitrogens with zero attached hydrogens (tertiary/aromatic N) is 1. The summed E-state index contributed by atoms with van der Waals surface area (Å²) in [4.78, 5) is 22.8. The van der Waals surface area contributed by atoms with E-state index in [-0.39, 0.29) is 17.9 Å². The molecule has 5 heteroatoms. The van der Waals surface area contributed by atoms with Crippen molar-refractivity contribution in [3.05, 3.63) is 65.2 Å². The van der Waals surface area contributed by atoms with E-state index >= 15 is 0 Å². The lowest BCUT2D eigenvalue weighted by atomic mass is 10.1. The van der Waals surface area contributed by atoms with Crippen LogP contribution in [0.2, 0.25) is 0 Å². The van der Waals surface area contributed by atoms with Crippen molar-refractivity contribution in [2.75, 3.05) is 5.32 Å². The number of hydrogen-bond acceptors (Lipinski definition) is 3. The molecule has 0 heterocycles. The van der Waals surface area contributed by atoms with Gasteiger partial charge in [0.15, 0.2) is 0 Å². The lowest BCUT2D eigenvalue weighted by Crippen LogP contribution is -2.12. The topological polar surface area (TPSA) is 90.2 Å². The molecule has 21 heavy (non-hydrogen) atoms. The molecule has 0 radical (unpaired) electrons. The normalized spacial score (nSPS) is 9.67. The molecule has 0 aliphatic heterocycles. The fourth-order valence-corrected chi connectivity index (χ4v) is 1.81. The minimum absolute atomic E-state index is 0.156. The molecule has 0 aliphatic carbocycles. The SMILES string of the molecule is N#CCc1cccc(C(=O)Nc2ccc(C(=O)O)cc2)c1. The molecule has 0 saturated carbocycles.